The predicted octanol–water partition coefficient (Wildman–Crippen LogP) is 6.12. The molecule has 0 saturated carbocycles. The number of benzene rings is 2. The summed E-state index contributed by atoms with van der Waals surface area (Å²) in [6.45, 7) is 3.40. The summed E-state index contributed by atoms with van der Waals surface area (Å²) in [6, 6.07) is -0.114. The number of hydrogen-bond donors (Lipinski definition) is 1. The Kier molecular flexibility index (Phi) is 10.4. The van der Waals surface area contributed by atoms with Crippen LogP contribution in [0, 0.1) is 0 Å². The molecule has 1 aliphatic heterocycles. The van der Waals surface area contributed by atoms with Crippen LogP contribution in [0.5, 0.6) is 0 Å². The molecule has 0 radical (unpaired) electrons. The molecule has 11 nitrogen and oxygen atoms in total. The first-order chi connectivity index (χ1) is 22.6. The van der Waals surface area contributed by atoms with Gasteiger partial charge in [0.1, 0.15) is 6.04 Å². The molecule has 268 valence electrons. The lowest BCUT2D eigenvalue weighted by Gasteiger charge is -2.43. The lowest BCUT2D eigenvalue weighted by Crippen LogP contribution is -2.47. The minimum atomic E-state index is -5.20. The molecule has 20 heteroatoms. The first-order valence-corrected chi connectivity index (χ1v) is 14.5. The van der Waals surface area contributed by atoms with E-state index < -0.39 is 96.1 Å². The summed E-state index contributed by atoms with van der Waals surface area (Å²) in [7, 11) is 1.06. The maximum Gasteiger partial charge on any atom is 0.416 e. The number of nitrogens with zero attached hydrogens (tertiary/aromatic N) is 6. The maximum absolute atomic E-state index is 14.0. The molecule has 0 saturated heterocycles. The van der Waals surface area contributed by atoms with Crippen molar-refractivity contribution in [3.8, 4) is 0 Å². The molecule has 2 aromatic carbocycles. The minimum Gasteiger partial charge on any atom is -0.468 e. The van der Waals surface area contributed by atoms with E-state index in [4.69, 9.17) is 10.5 Å². The largest absolute Gasteiger partial charge is 0.468 e. The van der Waals surface area contributed by atoms with E-state index in [1.54, 1.807) is 13.8 Å². The summed E-state index contributed by atoms with van der Waals surface area (Å²) in [5.41, 5.74) is 0.559. The predicted molar refractivity (Wildman–Crippen MR) is 153 cm³/mol. The zero-order valence-corrected chi connectivity index (χ0v) is 26.2. The fourth-order valence-corrected chi connectivity index (χ4v) is 5.30. The Hall–Kier alpha value is -4.62. The van der Waals surface area contributed by atoms with Crippen LogP contribution < -0.4 is 15.5 Å². The zero-order chi connectivity index (χ0) is 36.6. The van der Waals surface area contributed by atoms with Crippen molar-refractivity contribution in [2.24, 2.45) is 5.73 Å². The van der Waals surface area contributed by atoms with E-state index in [1.807, 2.05) is 0 Å². The van der Waals surface area contributed by atoms with Gasteiger partial charge in [-0.3, -0.25) is 9.69 Å². The number of fused-ring (bicyclic) bond motifs is 1. The highest BCUT2D eigenvalue weighted by molar-refractivity contribution is 5.90. The van der Waals surface area contributed by atoms with Crippen LogP contribution in [0.2, 0.25) is 0 Å². The van der Waals surface area contributed by atoms with E-state index in [9.17, 15) is 49.1 Å². The Morgan fingerprint density at radius 3 is 2.08 bits per heavy atom. The molecule has 3 atom stereocenters. The number of alkyl halides is 9. The maximum atomic E-state index is 14.0. The Balaban J connectivity index is 1.93. The quantitative estimate of drug-likeness (QED) is 0.217. The third kappa shape index (κ3) is 8.52. The molecular weight excluding hydrogens is 681 g/mol. The summed E-state index contributed by atoms with van der Waals surface area (Å²) in [4.78, 5) is 28.0. The number of carbonyl (C=O) groups excluding carboxylic acids is 2. The number of hydrogen-bond acceptors (Lipinski definition) is 9. The first kappa shape index (κ1) is 37.2. The number of ether oxygens (including phenoxy) is 2. The van der Waals surface area contributed by atoms with E-state index in [0.717, 1.165) is 39.9 Å². The fourth-order valence-electron chi connectivity index (χ4n) is 5.30. The summed E-state index contributed by atoms with van der Waals surface area (Å²) in [5, 5.41) is 11.7. The van der Waals surface area contributed by atoms with E-state index >= 15 is 0 Å². The van der Waals surface area contributed by atoms with Crippen molar-refractivity contribution in [1.29, 1.82) is 0 Å². The van der Waals surface area contributed by atoms with Crippen LogP contribution in [0.3, 0.4) is 0 Å². The topological polar surface area (TPSA) is 129 Å². The summed E-state index contributed by atoms with van der Waals surface area (Å²) in [6.07, 6.45) is -17.0. The van der Waals surface area contributed by atoms with Gasteiger partial charge in [-0.15, -0.1) is 5.10 Å². The molecule has 2 heterocycles. The lowest BCUT2D eigenvalue weighted by atomic mass is 9.89. The number of carbonyl (C=O) groups is 2. The third-order valence-electron chi connectivity index (χ3n) is 7.45. The molecule has 0 aliphatic carbocycles. The van der Waals surface area contributed by atoms with Crippen LogP contribution >= 0.6 is 0 Å². The second-order valence-electron chi connectivity index (χ2n) is 11.5. The number of methoxy groups -OCH3 is 1. The van der Waals surface area contributed by atoms with E-state index in [1.165, 1.54) is 6.92 Å². The average Bonchev–Trinajstić information content (AvgIpc) is 3.44. The molecule has 1 aliphatic rings. The van der Waals surface area contributed by atoms with Gasteiger partial charge in [0.15, 0.2) is 0 Å². The SMILES string of the molecule is COC(=O)[C@H](N)Cn1nnc(N(Cc2cc(C(F)(F)F)cc(C(F)(F)F)c2)[C@@H]2C[C@H](C)N(C(=O)OC(C)C)c3ccc(C(F)(F)F)cc32)n1. The van der Waals surface area contributed by atoms with Crippen molar-refractivity contribution in [2.45, 2.75) is 83.0 Å². The van der Waals surface area contributed by atoms with Crippen LogP contribution in [0.4, 0.5) is 55.9 Å². The van der Waals surface area contributed by atoms with Crippen molar-refractivity contribution in [1.82, 2.24) is 20.2 Å². The van der Waals surface area contributed by atoms with E-state index in [0.29, 0.717) is 12.1 Å². The Bertz CT molecular complexity index is 1640. The molecule has 49 heavy (non-hydrogen) atoms. The van der Waals surface area contributed by atoms with Crippen LogP contribution in [-0.4, -0.2) is 57.6 Å². The second-order valence-corrected chi connectivity index (χ2v) is 11.5. The van der Waals surface area contributed by atoms with Gasteiger partial charge in [-0.2, -0.15) is 44.3 Å². The van der Waals surface area contributed by atoms with Gasteiger partial charge < -0.3 is 20.1 Å². The third-order valence-corrected chi connectivity index (χ3v) is 7.45. The highest BCUT2D eigenvalue weighted by atomic mass is 19.4. The minimum absolute atomic E-state index is 0.0625. The van der Waals surface area contributed by atoms with Crippen molar-refractivity contribution < 1.29 is 58.6 Å². The highest BCUT2D eigenvalue weighted by Crippen LogP contribution is 2.45. The van der Waals surface area contributed by atoms with Crippen LogP contribution in [0.15, 0.2) is 36.4 Å². The smallest absolute Gasteiger partial charge is 0.416 e. The first-order valence-electron chi connectivity index (χ1n) is 14.5. The van der Waals surface area contributed by atoms with Gasteiger partial charge in [0.2, 0.25) is 0 Å². The number of anilines is 2. The number of rotatable bonds is 8. The van der Waals surface area contributed by atoms with E-state index in [2.05, 4.69) is 20.1 Å². The summed E-state index contributed by atoms with van der Waals surface area (Å²) < 4.78 is 134. The highest BCUT2D eigenvalue weighted by Gasteiger charge is 2.42. The fraction of sp³-hybridized carbons (Fsp3) is 0.483. The van der Waals surface area contributed by atoms with Crippen molar-refractivity contribution >= 4 is 23.7 Å². The monoisotopic (exact) mass is 711 g/mol. The molecule has 1 aromatic heterocycles. The van der Waals surface area contributed by atoms with Crippen molar-refractivity contribution in [3.63, 3.8) is 0 Å². The Labute approximate surface area is 272 Å². The van der Waals surface area contributed by atoms with Crippen molar-refractivity contribution in [2.75, 3.05) is 16.9 Å². The molecule has 0 spiro atoms. The van der Waals surface area contributed by atoms with E-state index in [-0.39, 0.29) is 23.7 Å². The Morgan fingerprint density at radius 2 is 1.55 bits per heavy atom. The second kappa shape index (κ2) is 13.7. The molecule has 3 aromatic rings. The van der Waals surface area contributed by atoms with Crippen LogP contribution in [0.25, 0.3) is 0 Å². The number of tetrazole rings is 1. The van der Waals surface area contributed by atoms with Crippen LogP contribution in [0.1, 0.15) is 61.1 Å². The molecule has 4 rings (SSSR count). The molecule has 0 unspecified atom stereocenters. The number of esters is 1. The van der Waals surface area contributed by atoms with Gasteiger partial charge in [0.05, 0.1) is 48.2 Å². The molecule has 1 amide bonds. The van der Waals surface area contributed by atoms with Gasteiger partial charge in [-0.05, 0) is 79.9 Å². The summed E-state index contributed by atoms with van der Waals surface area (Å²) in [5.74, 6) is -1.32. The molecule has 2 N–H and O–H groups in total. The number of nitrogens with two attached hydrogens (primary N) is 1. The number of aromatic nitrogens is 4. The van der Waals surface area contributed by atoms with Gasteiger partial charge in [-0.1, -0.05) is 5.10 Å². The van der Waals surface area contributed by atoms with Gasteiger partial charge in [0, 0.05) is 12.6 Å². The van der Waals surface area contributed by atoms with Crippen molar-refractivity contribution in [3.05, 3.63) is 64.2 Å². The molecule has 0 bridgehead atoms. The van der Waals surface area contributed by atoms with Gasteiger partial charge >= 0.3 is 30.6 Å². The average molecular weight is 712 g/mol. The normalized spacial score (nSPS) is 17.5. The summed E-state index contributed by atoms with van der Waals surface area (Å²) >= 11 is 0. The lowest BCUT2D eigenvalue weighted by molar-refractivity contribution is -0.144. The molecule has 0 fully saturated rings. The Morgan fingerprint density at radius 1 is 0.959 bits per heavy atom. The standard InChI is InChI=1S/C29H30F9N7O4/c1-14(2)49-26(47)45-15(3)7-23(20-11-17(27(30,31)32)5-6-22(20)45)43(25-40-42-44(41-25)13-21(39)24(46)48-4)12-16-8-18(28(33,34)35)10-19(9-16)29(36,37)38/h5-6,8-11,14-15,21,23H,7,12-13,39H2,1-4H3/t15-,21+,23+/m0/s1. The van der Waals surface area contributed by atoms with Crippen LogP contribution in [-0.2, 0) is 45.9 Å². The zero-order valence-electron chi connectivity index (χ0n) is 26.2. The van der Waals surface area contributed by atoms with Gasteiger partial charge in [0.25, 0.3) is 5.95 Å². The number of halogens is 9. The number of amides is 1. The van der Waals surface area contributed by atoms with Gasteiger partial charge in [-0.25, -0.2) is 4.79 Å². The molecular formula is C29H30F9N7O4.